The van der Waals surface area contributed by atoms with E-state index in [0.717, 1.165) is 11.4 Å². The quantitative estimate of drug-likeness (QED) is 0.714. The zero-order chi connectivity index (χ0) is 9.26. The molecule has 0 atom stereocenters. The molecule has 2 heteroatoms. The average molecular weight is 172 g/mol. The second kappa shape index (κ2) is 3.15. The summed E-state index contributed by atoms with van der Waals surface area (Å²) in [4.78, 5) is 4.39. The summed E-state index contributed by atoms with van der Waals surface area (Å²) in [5.74, 6) is 0. The lowest BCUT2D eigenvalue weighted by atomic mass is 10.1. The SMILES string of the molecule is Cc1nc(CN)cc2ccccc12. The second-order valence-corrected chi connectivity index (χ2v) is 3.12. The molecule has 0 unspecified atom stereocenters. The van der Waals surface area contributed by atoms with Crippen LogP contribution in [0.4, 0.5) is 0 Å². The Bertz CT molecular complexity index is 435. The molecule has 0 saturated carbocycles. The number of benzene rings is 1. The Morgan fingerprint density at radius 2 is 2.08 bits per heavy atom. The predicted molar refractivity (Wildman–Crippen MR) is 54.4 cm³/mol. The number of hydrogen-bond acceptors (Lipinski definition) is 2. The highest BCUT2D eigenvalue weighted by molar-refractivity contribution is 5.84. The van der Waals surface area contributed by atoms with E-state index >= 15 is 0 Å². The summed E-state index contributed by atoms with van der Waals surface area (Å²) < 4.78 is 0. The van der Waals surface area contributed by atoms with Crippen molar-refractivity contribution in [2.75, 3.05) is 0 Å². The van der Waals surface area contributed by atoms with Crippen LogP contribution >= 0.6 is 0 Å². The van der Waals surface area contributed by atoms with Gasteiger partial charge < -0.3 is 5.73 Å². The molecule has 2 aromatic rings. The van der Waals surface area contributed by atoms with Gasteiger partial charge in [-0.2, -0.15) is 0 Å². The average Bonchev–Trinajstić information content (AvgIpc) is 2.18. The third-order valence-electron chi connectivity index (χ3n) is 2.19. The molecule has 1 heterocycles. The van der Waals surface area contributed by atoms with Crippen LogP contribution in [0, 0.1) is 6.92 Å². The smallest absolute Gasteiger partial charge is 0.0549 e. The number of aromatic nitrogens is 1. The molecule has 0 radical (unpaired) electrons. The normalized spacial score (nSPS) is 10.6. The Hall–Kier alpha value is -1.41. The first kappa shape index (κ1) is 8.20. The van der Waals surface area contributed by atoms with Gasteiger partial charge in [-0.05, 0) is 18.4 Å². The van der Waals surface area contributed by atoms with E-state index < -0.39 is 0 Å². The molecule has 0 spiro atoms. The minimum Gasteiger partial charge on any atom is -0.325 e. The molecule has 0 bridgehead atoms. The van der Waals surface area contributed by atoms with Gasteiger partial charge in [0.05, 0.1) is 5.69 Å². The van der Waals surface area contributed by atoms with Crippen molar-refractivity contribution >= 4 is 10.8 Å². The molecule has 2 rings (SSSR count). The van der Waals surface area contributed by atoms with E-state index in [1.54, 1.807) is 0 Å². The van der Waals surface area contributed by atoms with Gasteiger partial charge in [0.15, 0.2) is 0 Å². The highest BCUT2D eigenvalue weighted by Gasteiger charge is 1.99. The summed E-state index contributed by atoms with van der Waals surface area (Å²) in [7, 11) is 0. The zero-order valence-electron chi connectivity index (χ0n) is 7.62. The fourth-order valence-electron chi connectivity index (χ4n) is 1.54. The molecule has 1 aromatic carbocycles. The van der Waals surface area contributed by atoms with E-state index in [4.69, 9.17) is 5.73 Å². The van der Waals surface area contributed by atoms with Gasteiger partial charge >= 0.3 is 0 Å². The van der Waals surface area contributed by atoms with Crippen LogP contribution in [0.3, 0.4) is 0 Å². The fourth-order valence-corrected chi connectivity index (χ4v) is 1.54. The first-order chi connectivity index (χ1) is 6.31. The van der Waals surface area contributed by atoms with Crippen LogP contribution in [0.5, 0.6) is 0 Å². The van der Waals surface area contributed by atoms with Gasteiger partial charge in [0, 0.05) is 17.6 Å². The standard InChI is InChI=1S/C11H12N2/c1-8-11-5-3-2-4-9(11)6-10(7-12)13-8/h2-6H,7,12H2,1H3. The topological polar surface area (TPSA) is 38.9 Å². The van der Waals surface area contributed by atoms with Crippen molar-refractivity contribution in [1.29, 1.82) is 0 Å². The highest BCUT2D eigenvalue weighted by Crippen LogP contribution is 2.17. The zero-order valence-corrected chi connectivity index (χ0v) is 7.62. The molecule has 0 fully saturated rings. The van der Waals surface area contributed by atoms with E-state index in [-0.39, 0.29) is 0 Å². The van der Waals surface area contributed by atoms with E-state index in [9.17, 15) is 0 Å². The van der Waals surface area contributed by atoms with Crippen LogP contribution in [-0.4, -0.2) is 4.98 Å². The molecule has 13 heavy (non-hydrogen) atoms. The van der Waals surface area contributed by atoms with Gasteiger partial charge in [0.25, 0.3) is 0 Å². The lowest BCUT2D eigenvalue weighted by Crippen LogP contribution is -2.00. The first-order valence-corrected chi connectivity index (χ1v) is 4.36. The maximum atomic E-state index is 5.55. The Kier molecular flexibility index (Phi) is 1.99. The van der Waals surface area contributed by atoms with Crippen molar-refractivity contribution in [3.05, 3.63) is 41.7 Å². The highest BCUT2D eigenvalue weighted by atomic mass is 14.7. The summed E-state index contributed by atoms with van der Waals surface area (Å²) in [6.07, 6.45) is 0. The monoisotopic (exact) mass is 172 g/mol. The summed E-state index contributed by atoms with van der Waals surface area (Å²) in [5.41, 5.74) is 7.56. The number of hydrogen-bond donors (Lipinski definition) is 1. The minimum atomic E-state index is 0.506. The lowest BCUT2D eigenvalue weighted by Gasteiger charge is -2.03. The number of nitrogens with zero attached hydrogens (tertiary/aromatic N) is 1. The molecule has 2 nitrogen and oxygen atoms in total. The lowest BCUT2D eigenvalue weighted by molar-refractivity contribution is 0.980. The van der Waals surface area contributed by atoms with Crippen LogP contribution in [0.25, 0.3) is 10.8 Å². The van der Waals surface area contributed by atoms with E-state index in [1.807, 2.05) is 25.1 Å². The Morgan fingerprint density at radius 1 is 1.31 bits per heavy atom. The van der Waals surface area contributed by atoms with Crippen LogP contribution in [0.2, 0.25) is 0 Å². The summed E-state index contributed by atoms with van der Waals surface area (Å²) in [5, 5.41) is 2.43. The van der Waals surface area contributed by atoms with Crippen LogP contribution in [0.1, 0.15) is 11.4 Å². The number of fused-ring (bicyclic) bond motifs is 1. The van der Waals surface area contributed by atoms with Gasteiger partial charge in [-0.3, -0.25) is 4.98 Å². The third-order valence-corrected chi connectivity index (χ3v) is 2.19. The van der Waals surface area contributed by atoms with Crippen LogP contribution in [0.15, 0.2) is 30.3 Å². The largest absolute Gasteiger partial charge is 0.325 e. The molecule has 1 aromatic heterocycles. The molecule has 0 aliphatic heterocycles. The molecule has 0 aliphatic carbocycles. The number of nitrogens with two attached hydrogens (primary N) is 1. The van der Waals surface area contributed by atoms with E-state index in [2.05, 4.69) is 17.1 Å². The minimum absolute atomic E-state index is 0.506. The summed E-state index contributed by atoms with van der Waals surface area (Å²) in [6, 6.07) is 10.3. The Balaban J connectivity index is 2.77. The molecule has 0 aliphatic rings. The summed E-state index contributed by atoms with van der Waals surface area (Å²) >= 11 is 0. The van der Waals surface area contributed by atoms with Crippen LogP contribution < -0.4 is 5.73 Å². The molecular formula is C11H12N2. The number of pyridine rings is 1. The van der Waals surface area contributed by atoms with Crippen molar-refractivity contribution in [3.63, 3.8) is 0 Å². The predicted octanol–water partition coefficient (Wildman–Crippen LogP) is 2.00. The van der Waals surface area contributed by atoms with Gasteiger partial charge in [0.2, 0.25) is 0 Å². The Labute approximate surface area is 77.4 Å². The molecular weight excluding hydrogens is 160 g/mol. The van der Waals surface area contributed by atoms with Crippen molar-refractivity contribution in [3.8, 4) is 0 Å². The number of rotatable bonds is 1. The first-order valence-electron chi connectivity index (χ1n) is 4.36. The Morgan fingerprint density at radius 3 is 2.85 bits per heavy atom. The maximum absolute atomic E-state index is 5.55. The second-order valence-electron chi connectivity index (χ2n) is 3.12. The van der Waals surface area contributed by atoms with Gasteiger partial charge in [-0.1, -0.05) is 24.3 Å². The van der Waals surface area contributed by atoms with Gasteiger partial charge in [0.1, 0.15) is 0 Å². The van der Waals surface area contributed by atoms with E-state index in [1.165, 1.54) is 10.8 Å². The third kappa shape index (κ3) is 1.40. The van der Waals surface area contributed by atoms with E-state index in [0.29, 0.717) is 6.54 Å². The van der Waals surface area contributed by atoms with Gasteiger partial charge in [-0.25, -0.2) is 0 Å². The summed E-state index contributed by atoms with van der Waals surface area (Å²) in [6.45, 7) is 2.52. The fraction of sp³-hybridized carbons (Fsp3) is 0.182. The maximum Gasteiger partial charge on any atom is 0.0549 e. The van der Waals surface area contributed by atoms with Crippen LogP contribution in [-0.2, 0) is 6.54 Å². The van der Waals surface area contributed by atoms with Crippen molar-refractivity contribution in [2.24, 2.45) is 5.73 Å². The van der Waals surface area contributed by atoms with Crippen molar-refractivity contribution < 1.29 is 0 Å². The van der Waals surface area contributed by atoms with Crippen molar-refractivity contribution in [1.82, 2.24) is 4.98 Å². The molecule has 0 amide bonds. The molecule has 66 valence electrons. The van der Waals surface area contributed by atoms with Gasteiger partial charge in [-0.15, -0.1) is 0 Å². The van der Waals surface area contributed by atoms with Crippen molar-refractivity contribution in [2.45, 2.75) is 13.5 Å². The molecule has 0 saturated heterocycles. The number of aryl methyl sites for hydroxylation is 1. The molecule has 2 N–H and O–H groups in total.